The van der Waals surface area contributed by atoms with E-state index in [0.29, 0.717) is 25.9 Å². The normalized spacial score (nSPS) is 12.4. The SMILES string of the molecule is CCCCCCCCCCCCCCCCCCC(=O)OCCCCCCCCCCCCCCCCCCCCCCCCCCCCCCC(=O)NC(CO)C(O)CCCCCCCCCCCCCCCC. The fourth-order valence-electron chi connectivity index (χ4n) is 11.4. The maximum Gasteiger partial charge on any atom is 0.305 e. The summed E-state index contributed by atoms with van der Waals surface area (Å²) in [5.41, 5.74) is 0. The van der Waals surface area contributed by atoms with E-state index in [1.807, 2.05) is 0 Å². The molecular weight excluding hydrogens is 923 g/mol. The molecule has 0 aliphatic carbocycles. The monoisotopic (exact) mass is 1060 g/mol. The number of rotatable bonds is 66. The van der Waals surface area contributed by atoms with Crippen molar-refractivity contribution < 1.29 is 24.5 Å². The van der Waals surface area contributed by atoms with E-state index in [1.165, 1.54) is 334 Å². The number of carbonyl (C=O) groups excluding carboxylic acids is 2. The van der Waals surface area contributed by atoms with Crippen molar-refractivity contribution >= 4 is 11.9 Å². The Morgan fingerprint density at radius 2 is 0.547 bits per heavy atom. The van der Waals surface area contributed by atoms with E-state index < -0.39 is 12.1 Å². The number of amides is 1. The Hall–Kier alpha value is -1.14. The average Bonchev–Trinajstić information content (AvgIpc) is 3.41. The summed E-state index contributed by atoms with van der Waals surface area (Å²) in [5.74, 6) is -0.00508. The molecule has 0 saturated carbocycles. The van der Waals surface area contributed by atoms with Gasteiger partial charge in [0, 0.05) is 12.8 Å². The van der Waals surface area contributed by atoms with Crippen LogP contribution in [0.15, 0.2) is 0 Å². The van der Waals surface area contributed by atoms with Crippen LogP contribution in [0.4, 0.5) is 0 Å². The Bertz CT molecular complexity index is 1080. The summed E-state index contributed by atoms with van der Waals surface area (Å²) in [4.78, 5) is 24.6. The van der Waals surface area contributed by atoms with Crippen molar-refractivity contribution in [2.24, 2.45) is 0 Å². The first kappa shape index (κ1) is 73.9. The molecule has 6 heteroatoms. The summed E-state index contributed by atoms with van der Waals surface area (Å²) in [6.45, 7) is 5.00. The molecule has 75 heavy (non-hydrogen) atoms. The second-order valence-electron chi connectivity index (χ2n) is 24.2. The van der Waals surface area contributed by atoms with Gasteiger partial charge in [0.2, 0.25) is 5.91 Å². The smallest absolute Gasteiger partial charge is 0.305 e. The molecule has 2 atom stereocenters. The van der Waals surface area contributed by atoms with Crippen LogP contribution in [0.5, 0.6) is 0 Å². The van der Waals surface area contributed by atoms with Gasteiger partial charge in [0.05, 0.1) is 25.4 Å². The molecule has 0 radical (unpaired) electrons. The van der Waals surface area contributed by atoms with Crippen molar-refractivity contribution in [2.45, 2.75) is 418 Å². The van der Waals surface area contributed by atoms with Gasteiger partial charge in [0.25, 0.3) is 0 Å². The van der Waals surface area contributed by atoms with Crippen LogP contribution in [0.3, 0.4) is 0 Å². The van der Waals surface area contributed by atoms with Gasteiger partial charge in [-0.25, -0.2) is 0 Å². The van der Waals surface area contributed by atoms with Crippen LogP contribution in [0.1, 0.15) is 406 Å². The number of aliphatic hydroxyl groups excluding tert-OH is 2. The van der Waals surface area contributed by atoms with Crippen LogP contribution in [-0.4, -0.2) is 47.4 Å². The van der Waals surface area contributed by atoms with Crippen LogP contribution in [0, 0.1) is 0 Å². The predicted octanol–water partition coefficient (Wildman–Crippen LogP) is 22.2. The Morgan fingerprint density at radius 1 is 0.320 bits per heavy atom. The summed E-state index contributed by atoms with van der Waals surface area (Å²) in [6, 6.07) is -0.537. The molecule has 0 spiro atoms. The molecule has 0 aromatic carbocycles. The minimum Gasteiger partial charge on any atom is -0.466 e. The molecule has 0 saturated heterocycles. The molecule has 1 amide bonds. The summed E-state index contributed by atoms with van der Waals surface area (Å²) < 4.78 is 5.51. The van der Waals surface area contributed by atoms with E-state index in [1.54, 1.807) is 0 Å². The van der Waals surface area contributed by atoms with E-state index in [2.05, 4.69) is 19.2 Å². The molecule has 0 bridgehead atoms. The van der Waals surface area contributed by atoms with E-state index in [4.69, 9.17) is 4.74 Å². The summed E-state index contributed by atoms with van der Waals surface area (Å²) in [7, 11) is 0. The molecular formula is C69H137NO5. The van der Waals surface area contributed by atoms with Crippen molar-refractivity contribution in [3.8, 4) is 0 Å². The van der Waals surface area contributed by atoms with Gasteiger partial charge in [-0.15, -0.1) is 0 Å². The minimum atomic E-state index is -0.660. The van der Waals surface area contributed by atoms with Crippen LogP contribution in [0.25, 0.3) is 0 Å². The summed E-state index contributed by atoms with van der Waals surface area (Å²) in [6.07, 6.45) is 78.6. The maximum atomic E-state index is 12.5. The molecule has 3 N–H and O–H groups in total. The van der Waals surface area contributed by atoms with Gasteiger partial charge in [-0.1, -0.05) is 367 Å². The van der Waals surface area contributed by atoms with Gasteiger partial charge >= 0.3 is 5.97 Å². The molecule has 0 aliphatic heterocycles. The second kappa shape index (κ2) is 65.4. The Labute approximate surface area is 470 Å². The molecule has 6 nitrogen and oxygen atoms in total. The number of hydrogen-bond donors (Lipinski definition) is 3. The van der Waals surface area contributed by atoms with E-state index >= 15 is 0 Å². The van der Waals surface area contributed by atoms with Crippen LogP contribution in [-0.2, 0) is 14.3 Å². The molecule has 0 fully saturated rings. The fourth-order valence-corrected chi connectivity index (χ4v) is 11.4. The number of unbranched alkanes of at least 4 members (excludes halogenated alkanes) is 55. The first-order valence-electron chi connectivity index (χ1n) is 34.8. The number of ether oxygens (including phenoxy) is 1. The third-order valence-electron chi connectivity index (χ3n) is 16.7. The predicted molar refractivity (Wildman–Crippen MR) is 329 cm³/mol. The van der Waals surface area contributed by atoms with E-state index in [-0.39, 0.29) is 18.5 Å². The van der Waals surface area contributed by atoms with Gasteiger partial charge < -0.3 is 20.3 Å². The topological polar surface area (TPSA) is 95.9 Å². The first-order valence-corrected chi connectivity index (χ1v) is 34.8. The lowest BCUT2D eigenvalue weighted by molar-refractivity contribution is -0.143. The van der Waals surface area contributed by atoms with Gasteiger partial charge in [0.15, 0.2) is 0 Å². The number of hydrogen-bond acceptors (Lipinski definition) is 5. The number of carbonyl (C=O) groups is 2. The third-order valence-corrected chi connectivity index (χ3v) is 16.7. The highest BCUT2D eigenvalue weighted by Crippen LogP contribution is 2.19. The standard InChI is InChI=1S/C69H137NO5/c1-3-5-7-9-11-13-15-17-19-35-39-43-47-51-55-59-63-69(74)75-64-60-56-52-48-44-40-36-33-31-29-27-25-23-21-20-22-24-26-28-30-32-34-38-42-46-50-54-58-62-68(73)70-66(65-71)67(72)61-57-53-49-45-41-37-18-16-14-12-10-8-6-4-2/h66-67,71-72H,3-65H2,1-2H3,(H,70,73). The lowest BCUT2D eigenvalue weighted by Crippen LogP contribution is -2.45. The lowest BCUT2D eigenvalue weighted by Gasteiger charge is -2.22. The van der Waals surface area contributed by atoms with Crippen LogP contribution in [0.2, 0.25) is 0 Å². The zero-order valence-electron chi connectivity index (χ0n) is 51.3. The van der Waals surface area contributed by atoms with Crippen LogP contribution < -0.4 is 5.32 Å². The molecule has 0 aliphatic rings. The second-order valence-corrected chi connectivity index (χ2v) is 24.2. The lowest BCUT2D eigenvalue weighted by atomic mass is 10.0. The molecule has 0 aromatic heterocycles. The number of nitrogens with one attached hydrogen (secondary N) is 1. The highest BCUT2D eigenvalue weighted by atomic mass is 16.5. The highest BCUT2D eigenvalue weighted by Gasteiger charge is 2.20. The number of aliphatic hydroxyl groups is 2. The molecule has 0 rings (SSSR count). The zero-order chi connectivity index (χ0) is 54.3. The van der Waals surface area contributed by atoms with Crippen molar-refractivity contribution in [1.29, 1.82) is 0 Å². The van der Waals surface area contributed by atoms with Gasteiger partial charge in [-0.05, 0) is 25.7 Å². The van der Waals surface area contributed by atoms with Crippen LogP contribution >= 0.6 is 0 Å². The Balaban J connectivity index is 3.31. The van der Waals surface area contributed by atoms with E-state index in [0.717, 1.165) is 38.5 Å². The Kier molecular flexibility index (Phi) is 64.4. The largest absolute Gasteiger partial charge is 0.466 e. The summed E-state index contributed by atoms with van der Waals surface area (Å²) in [5, 5.41) is 23.3. The van der Waals surface area contributed by atoms with Crippen molar-refractivity contribution in [1.82, 2.24) is 5.32 Å². The minimum absolute atomic E-state index is 0.0235. The van der Waals surface area contributed by atoms with Crippen molar-refractivity contribution in [3.63, 3.8) is 0 Å². The van der Waals surface area contributed by atoms with E-state index in [9.17, 15) is 19.8 Å². The molecule has 0 aromatic rings. The summed E-state index contributed by atoms with van der Waals surface area (Å²) >= 11 is 0. The van der Waals surface area contributed by atoms with Gasteiger partial charge in [-0.2, -0.15) is 0 Å². The third kappa shape index (κ3) is 61.9. The Morgan fingerprint density at radius 3 is 0.813 bits per heavy atom. The first-order chi connectivity index (χ1) is 37.0. The zero-order valence-corrected chi connectivity index (χ0v) is 51.3. The highest BCUT2D eigenvalue weighted by molar-refractivity contribution is 5.76. The van der Waals surface area contributed by atoms with Gasteiger partial charge in [0.1, 0.15) is 0 Å². The number of esters is 1. The van der Waals surface area contributed by atoms with Crippen molar-refractivity contribution in [2.75, 3.05) is 13.2 Å². The quantitative estimate of drug-likeness (QED) is 0.0417. The molecule has 2 unspecified atom stereocenters. The van der Waals surface area contributed by atoms with Gasteiger partial charge in [-0.3, -0.25) is 9.59 Å². The maximum absolute atomic E-state index is 12.5. The average molecular weight is 1060 g/mol. The molecule has 0 heterocycles. The fraction of sp³-hybridized carbons (Fsp3) is 0.971. The van der Waals surface area contributed by atoms with Crippen molar-refractivity contribution in [3.05, 3.63) is 0 Å². The molecule has 448 valence electrons.